The van der Waals surface area contributed by atoms with E-state index in [2.05, 4.69) is 11.1 Å². The van der Waals surface area contributed by atoms with Crippen LogP contribution in [0.4, 0.5) is 5.82 Å². The van der Waals surface area contributed by atoms with Crippen molar-refractivity contribution in [3.63, 3.8) is 0 Å². The van der Waals surface area contributed by atoms with Gasteiger partial charge in [0.1, 0.15) is 47.5 Å². The fraction of sp³-hybridized carbons (Fsp3) is 0.200. The van der Waals surface area contributed by atoms with E-state index in [9.17, 15) is 15.3 Å². The zero-order valence-corrected chi connectivity index (χ0v) is 18.2. The van der Waals surface area contributed by atoms with Gasteiger partial charge in [0.2, 0.25) is 11.8 Å². The second-order valence-electron chi connectivity index (χ2n) is 7.63. The van der Waals surface area contributed by atoms with E-state index in [0.717, 1.165) is 6.42 Å². The van der Waals surface area contributed by atoms with Gasteiger partial charge in [0, 0.05) is 17.5 Å². The number of carbonyl (C=O) groups excluding carboxylic acids is 1. The van der Waals surface area contributed by atoms with Gasteiger partial charge in [0.05, 0.1) is 13.2 Å². The summed E-state index contributed by atoms with van der Waals surface area (Å²) in [5, 5.41) is 19.6. The van der Waals surface area contributed by atoms with Crippen molar-refractivity contribution < 1.29 is 19.0 Å². The van der Waals surface area contributed by atoms with Crippen molar-refractivity contribution in [2.24, 2.45) is 5.73 Å². The van der Waals surface area contributed by atoms with Gasteiger partial charge in [-0.25, -0.2) is 0 Å². The fourth-order valence-electron chi connectivity index (χ4n) is 3.66. The average Bonchev–Trinajstić information content (AvgIpc) is 3.36. The molecule has 4 N–H and O–H groups in total. The van der Waals surface area contributed by atoms with Gasteiger partial charge in [-0.15, -0.1) is 0 Å². The molecule has 9 heteroatoms. The van der Waals surface area contributed by atoms with E-state index in [0.29, 0.717) is 41.2 Å². The summed E-state index contributed by atoms with van der Waals surface area (Å²) in [7, 11) is 0. The number of primary amides is 1. The lowest BCUT2D eigenvalue weighted by Gasteiger charge is -2.15. The Bertz CT molecular complexity index is 1300. The van der Waals surface area contributed by atoms with Gasteiger partial charge in [-0.05, 0) is 35.4 Å². The number of nitrogens with zero attached hydrogens (tertiary/aromatic N) is 3. The lowest BCUT2D eigenvalue weighted by atomic mass is 9.96. The normalized spacial score (nSPS) is 14.7. The second-order valence-corrected chi connectivity index (χ2v) is 7.63. The molecule has 1 amide bonds. The van der Waals surface area contributed by atoms with Crippen molar-refractivity contribution in [1.82, 2.24) is 4.98 Å². The van der Waals surface area contributed by atoms with Gasteiger partial charge < -0.3 is 25.7 Å². The van der Waals surface area contributed by atoms with Crippen LogP contribution in [-0.2, 0) is 11.3 Å². The van der Waals surface area contributed by atoms with E-state index in [-0.39, 0.29) is 35.5 Å². The van der Waals surface area contributed by atoms with E-state index < -0.39 is 5.91 Å². The van der Waals surface area contributed by atoms with E-state index in [1.807, 2.05) is 6.07 Å². The first-order chi connectivity index (χ1) is 16.5. The standard InChI is InChI=1S/C25H21N5O4/c26-11-20-22(16-4-6-18(7-5-16)34-19-8-9-32-14-19)21(12-27)25(30-23(20)28)33-13-15-2-1-3-17(10-15)24(29)31/h1-7,10,19H,8-9,13-14H2,(H2,28,30)(H2,29,31). The van der Waals surface area contributed by atoms with Crippen molar-refractivity contribution in [2.75, 3.05) is 18.9 Å². The number of carbonyl (C=O) groups is 1. The Morgan fingerprint density at radius 1 is 1.15 bits per heavy atom. The maximum absolute atomic E-state index is 11.4. The van der Waals surface area contributed by atoms with Gasteiger partial charge in [-0.3, -0.25) is 4.79 Å². The van der Waals surface area contributed by atoms with Crippen LogP contribution in [0.3, 0.4) is 0 Å². The van der Waals surface area contributed by atoms with Crippen molar-refractivity contribution in [3.05, 3.63) is 70.8 Å². The molecule has 2 aromatic carbocycles. The lowest BCUT2D eigenvalue weighted by molar-refractivity contribution is 0.1000. The molecule has 170 valence electrons. The first-order valence-corrected chi connectivity index (χ1v) is 10.5. The molecule has 0 radical (unpaired) electrons. The number of anilines is 1. The molecule has 0 aliphatic carbocycles. The molecule has 4 rings (SSSR count). The largest absolute Gasteiger partial charge is 0.488 e. The number of rotatable bonds is 7. The van der Waals surface area contributed by atoms with Crippen LogP contribution in [0.1, 0.15) is 33.5 Å². The molecule has 0 saturated carbocycles. The third-order valence-electron chi connectivity index (χ3n) is 5.34. The monoisotopic (exact) mass is 455 g/mol. The number of pyridine rings is 1. The summed E-state index contributed by atoms with van der Waals surface area (Å²) in [6.45, 7) is 1.23. The number of nitriles is 2. The van der Waals surface area contributed by atoms with E-state index >= 15 is 0 Å². The predicted molar refractivity (Wildman–Crippen MR) is 123 cm³/mol. The van der Waals surface area contributed by atoms with Gasteiger partial charge >= 0.3 is 0 Å². The quantitative estimate of drug-likeness (QED) is 0.550. The molecule has 34 heavy (non-hydrogen) atoms. The zero-order chi connectivity index (χ0) is 24.1. The predicted octanol–water partition coefficient (Wildman–Crippen LogP) is 2.92. The van der Waals surface area contributed by atoms with Crippen molar-refractivity contribution in [2.45, 2.75) is 19.1 Å². The summed E-state index contributed by atoms with van der Waals surface area (Å²) in [4.78, 5) is 15.6. The Labute approximate surface area is 196 Å². The van der Waals surface area contributed by atoms with E-state index in [1.165, 1.54) is 0 Å². The van der Waals surface area contributed by atoms with E-state index in [4.69, 9.17) is 25.7 Å². The molecule has 0 spiro atoms. The smallest absolute Gasteiger partial charge is 0.248 e. The van der Waals surface area contributed by atoms with Crippen LogP contribution in [0.25, 0.3) is 11.1 Å². The number of nitrogen functional groups attached to an aromatic ring is 1. The van der Waals surface area contributed by atoms with Crippen LogP contribution in [0.15, 0.2) is 48.5 Å². The number of benzene rings is 2. The molecule has 1 saturated heterocycles. The Morgan fingerprint density at radius 3 is 2.56 bits per heavy atom. The highest BCUT2D eigenvalue weighted by Crippen LogP contribution is 2.36. The molecule has 1 fully saturated rings. The highest BCUT2D eigenvalue weighted by Gasteiger charge is 2.22. The summed E-state index contributed by atoms with van der Waals surface area (Å²) in [6, 6.07) is 17.8. The molecule has 9 nitrogen and oxygen atoms in total. The molecule has 1 aromatic heterocycles. The first kappa shape index (κ1) is 22.6. The molecule has 1 aliphatic rings. The minimum atomic E-state index is -0.560. The Kier molecular flexibility index (Phi) is 6.58. The van der Waals surface area contributed by atoms with Crippen molar-refractivity contribution in [3.8, 4) is 34.9 Å². The van der Waals surface area contributed by atoms with Crippen LogP contribution < -0.4 is 20.9 Å². The highest BCUT2D eigenvalue weighted by atomic mass is 16.5. The van der Waals surface area contributed by atoms with Gasteiger partial charge in [-0.1, -0.05) is 24.3 Å². The molecule has 1 unspecified atom stereocenters. The van der Waals surface area contributed by atoms with Crippen LogP contribution in [0.2, 0.25) is 0 Å². The maximum Gasteiger partial charge on any atom is 0.248 e. The first-order valence-electron chi connectivity index (χ1n) is 10.5. The van der Waals surface area contributed by atoms with Crippen LogP contribution in [0.5, 0.6) is 11.6 Å². The van der Waals surface area contributed by atoms with Gasteiger partial charge in [0.15, 0.2) is 0 Å². The molecular weight excluding hydrogens is 434 g/mol. The Balaban J connectivity index is 1.66. The molecule has 2 heterocycles. The summed E-state index contributed by atoms with van der Waals surface area (Å²) >= 11 is 0. The average molecular weight is 455 g/mol. The van der Waals surface area contributed by atoms with Gasteiger partial charge in [-0.2, -0.15) is 15.5 Å². The number of hydrogen-bond acceptors (Lipinski definition) is 8. The lowest BCUT2D eigenvalue weighted by Crippen LogP contribution is -2.15. The van der Waals surface area contributed by atoms with Crippen LogP contribution in [0, 0.1) is 22.7 Å². The summed E-state index contributed by atoms with van der Waals surface area (Å²) in [6.07, 6.45) is 0.822. The SMILES string of the molecule is N#Cc1c(N)nc(OCc2cccc(C(N)=O)c2)c(C#N)c1-c1ccc(OC2CCOC2)cc1. The third-order valence-corrected chi connectivity index (χ3v) is 5.34. The fourth-order valence-corrected chi connectivity index (χ4v) is 3.66. The minimum absolute atomic E-state index is 0.000159. The molecule has 0 bridgehead atoms. The Hall–Kier alpha value is -4.60. The van der Waals surface area contributed by atoms with Crippen LogP contribution >= 0.6 is 0 Å². The number of nitrogens with two attached hydrogens (primary N) is 2. The molecular formula is C25H21N5O4. The summed E-state index contributed by atoms with van der Waals surface area (Å²) < 4.78 is 17.0. The zero-order valence-electron chi connectivity index (χ0n) is 18.2. The highest BCUT2D eigenvalue weighted by molar-refractivity contribution is 5.92. The number of ether oxygens (including phenoxy) is 3. The molecule has 1 atom stereocenters. The maximum atomic E-state index is 11.4. The second kappa shape index (κ2) is 9.90. The van der Waals surface area contributed by atoms with E-state index in [1.54, 1.807) is 48.5 Å². The summed E-state index contributed by atoms with van der Waals surface area (Å²) in [5.41, 5.74) is 13.4. The molecule has 1 aliphatic heterocycles. The number of amides is 1. The number of hydrogen-bond donors (Lipinski definition) is 2. The third kappa shape index (κ3) is 4.75. The van der Waals surface area contributed by atoms with Crippen molar-refractivity contribution >= 4 is 11.7 Å². The van der Waals surface area contributed by atoms with Crippen LogP contribution in [-0.4, -0.2) is 30.2 Å². The minimum Gasteiger partial charge on any atom is -0.488 e. The topological polar surface area (TPSA) is 157 Å². The Morgan fingerprint density at radius 2 is 1.91 bits per heavy atom. The summed E-state index contributed by atoms with van der Waals surface area (Å²) in [5.74, 6) is 0.0299. The van der Waals surface area contributed by atoms with Crippen molar-refractivity contribution in [1.29, 1.82) is 10.5 Å². The molecule has 3 aromatic rings. The van der Waals surface area contributed by atoms with Gasteiger partial charge in [0.25, 0.3) is 0 Å². The number of aromatic nitrogens is 1.